The van der Waals surface area contributed by atoms with Gasteiger partial charge < -0.3 is 4.90 Å². The second-order valence-corrected chi connectivity index (χ2v) is 5.86. The number of piperidine rings is 1. The molecule has 1 aromatic heterocycles. The van der Waals surface area contributed by atoms with Crippen molar-refractivity contribution in [2.24, 2.45) is 11.8 Å². The van der Waals surface area contributed by atoms with Crippen LogP contribution < -0.4 is 4.90 Å². The Hall–Kier alpha value is -1.36. The lowest BCUT2D eigenvalue weighted by atomic mass is 9.86. The van der Waals surface area contributed by atoms with Crippen LogP contribution in [-0.2, 0) is 0 Å². The fourth-order valence-electron chi connectivity index (χ4n) is 2.74. The molecule has 0 spiro atoms. The summed E-state index contributed by atoms with van der Waals surface area (Å²) in [7, 11) is 0. The van der Waals surface area contributed by atoms with E-state index < -0.39 is 4.92 Å². The van der Waals surface area contributed by atoms with Gasteiger partial charge in [-0.1, -0.05) is 25.4 Å². The Kier molecular flexibility index (Phi) is 3.94. The predicted octanol–water partition coefficient (Wildman–Crippen LogP) is 3.51. The van der Waals surface area contributed by atoms with E-state index in [0.29, 0.717) is 23.7 Å². The second-order valence-electron chi connectivity index (χ2n) is 5.47. The van der Waals surface area contributed by atoms with E-state index in [1.807, 2.05) is 0 Å². The first-order valence-corrected chi connectivity index (χ1v) is 6.85. The maximum absolute atomic E-state index is 10.9. The summed E-state index contributed by atoms with van der Waals surface area (Å²) in [6.45, 7) is 7.38. The van der Waals surface area contributed by atoms with Crippen LogP contribution in [-0.4, -0.2) is 22.5 Å². The topological polar surface area (TPSA) is 59.3 Å². The van der Waals surface area contributed by atoms with Gasteiger partial charge in [0, 0.05) is 12.6 Å². The summed E-state index contributed by atoms with van der Waals surface area (Å²) in [6, 6.07) is 3.10. The fraction of sp³-hybridized carbons (Fsp3) is 0.615. The molecule has 1 saturated heterocycles. The molecule has 5 nitrogen and oxygen atoms in total. The SMILES string of the molecule is CC1CC(C)C(C)N(c2cc([N+](=O)[O-])cc(Cl)n2)C1. The van der Waals surface area contributed by atoms with Gasteiger partial charge in [-0.15, -0.1) is 0 Å². The minimum Gasteiger partial charge on any atom is -0.353 e. The van der Waals surface area contributed by atoms with Crippen LogP contribution in [0.5, 0.6) is 0 Å². The van der Waals surface area contributed by atoms with Crippen molar-refractivity contribution >= 4 is 23.1 Å². The molecule has 0 bridgehead atoms. The van der Waals surface area contributed by atoms with Crippen LogP contribution >= 0.6 is 11.6 Å². The molecule has 1 aliphatic heterocycles. The van der Waals surface area contributed by atoms with Gasteiger partial charge in [-0.2, -0.15) is 0 Å². The van der Waals surface area contributed by atoms with Crippen molar-refractivity contribution in [2.45, 2.75) is 33.2 Å². The van der Waals surface area contributed by atoms with E-state index in [-0.39, 0.29) is 10.8 Å². The van der Waals surface area contributed by atoms with Gasteiger partial charge in [-0.25, -0.2) is 4.98 Å². The van der Waals surface area contributed by atoms with E-state index in [9.17, 15) is 10.1 Å². The third kappa shape index (κ3) is 2.97. The monoisotopic (exact) mass is 283 g/mol. The van der Waals surface area contributed by atoms with Crippen LogP contribution in [0.3, 0.4) is 0 Å². The molecule has 0 aromatic carbocycles. The summed E-state index contributed by atoms with van der Waals surface area (Å²) >= 11 is 5.89. The Morgan fingerprint density at radius 1 is 1.42 bits per heavy atom. The van der Waals surface area contributed by atoms with Gasteiger partial charge >= 0.3 is 0 Å². The molecule has 0 radical (unpaired) electrons. The predicted molar refractivity (Wildman–Crippen MR) is 75.7 cm³/mol. The summed E-state index contributed by atoms with van der Waals surface area (Å²) in [5.41, 5.74) is -0.00641. The highest BCUT2D eigenvalue weighted by Gasteiger charge is 2.30. The molecule has 2 heterocycles. The molecule has 3 atom stereocenters. The van der Waals surface area contributed by atoms with Crippen molar-refractivity contribution in [2.75, 3.05) is 11.4 Å². The van der Waals surface area contributed by atoms with Gasteiger partial charge in [0.2, 0.25) is 0 Å². The summed E-state index contributed by atoms with van der Waals surface area (Å²) in [5.74, 6) is 1.68. The first-order valence-electron chi connectivity index (χ1n) is 6.47. The highest BCUT2D eigenvalue weighted by Crippen LogP contribution is 2.32. The minimum atomic E-state index is -0.432. The molecule has 1 aliphatic rings. The van der Waals surface area contributed by atoms with Crippen LogP contribution in [0.15, 0.2) is 12.1 Å². The van der Waals surface area contributed by atoms with Crippen LogP contribution in [0.2, 0.25) is 5.15 Å². The van der Waals surface area contributed by atoms with E-state index >= 15 is 0 Å². The zero-order chi connectivity index (χ0) is 14.2. The molecule has 2 rings (SSSR count). The zero-order valence-corrected chi connectivity index (χ0v) is 12.1. The third-order valence-corrected chi connectivity index (χ3v) is 4.06. The molecule has 1 aromatic rings. The highest BCUT2D eigenvalue weighted by atomic mass is 35.5. The number of aromatic nitrogens is 1. The Morgan fingerprint density at radius 3 is 2.74 bits per heavy atom. The minimum absolute atomic E-state index is 0.00641. The number of pyridine rings is 1. The van der Waals surface area contributed by atoms with E-state index in [0.717, 1.165) is 6.54 Å². The Labute approximate surface area is 117 Å². The molecule has 0 N–H and O–H groups in total. The number of anilines is 1. The smallest absolute Gasteiger partial charge is 0.276 e. The number of hydrogen-bond donors (Lipinski definition) is 0. The summed E-state index contributed by atoms with van der Waals surface area (Å²) in [6.07, 6.45) is 1.17. The van der Waals surface area contributed by atoms with Gasteiger partial charge in [0.1, 0.15) is 11.0 Å². The van der Waals surface area contributed by atoms with E-state index in [2.05, 4.69) is 30.7 Å². The summed E-state index contributed by atoms with van der Waals surface area (Å²) in [4.78, 5) is 16.8. The molecule has 3 unspecified atom stereocenters. The lowest BCUT2D eigenvalue weighted by molar-refractivity contribution is -0.384. The Morgan fingerprint density at radius 2 is 2.11 bits per heavy atom. The molecule has 6 heteroatoms. The standard InChI is InChI=1S/C13H18ClN3O2/c1-8-4-9(2)10(3)16(7-8)13-6-11(17(18)19)5-12(14)15-13/h5-6,8-10H,4,7H2,1-3H3. The van der Waals surface area contributed by atoms with Crippen LogP contribution in [0.1, 0.15) is 27.2 Å². The fourth-order valence-corrected chi connectivity index (χ4v) is 2.94. The molecule has 19 heavy (non-hydrogen) atoms. The lowest BCUT2D eigenvalue weighted by Crippen LogP contribution is -2.46. The maximum Gasteiger partial charge on any atom is 0.276 e. The van der Waals surface area contributed by atoms with Crippen molar-refractivity contribution in [1.29, 1.82) is 0 Å². The normalized spacial score (nSPS) is 27.4. The Balaban J connectivity index is 2.37. The van der Waals surface area contributed by atoms with Crippen molar-refractivity contribution in [1.82, 2.24) is 4.98 Å². The largest absolute Gasteiger partial charge is 0.353 e. The maximum atomic E-state index is 10.9. The number of hydrogen-bond acceptors (Lipinski definition) is 4. The number of nitrogens with zero attached hydrogens (tertiary/aromatic N) is 3. The summed E-state index contributed by atoms with van der Waals surface area (Å²) in [5, 5.41) is 11.1. The highest BCUT2D eigenvalue weighted by molar-refractivity contribution is 6.29. The van der Waals surface area contributed by atoms with Crippen molar-refractivity contribution in [3.63, 3.8) is 0 Å². The van der Waals surface area contributed by atoms with E-state index in [1.165, 1.54) is 18.6 Å². The molecule has 0 saturated carbocycles. The molecule has 0 amide bonds. The van der Waals surface area contributed by atoms with E-state index in [4.69, 9.17) is 11.6 Å². The lowest BCUT2D eigenvalue weighted by Gasteiger charge is -2.41. The van der Waals surface area contributed by atoms with Crippen LogP contribution in [0.4, 0.5) is 11.5 Å². The van der Waals surface area contributed by atoms with E-state index in [1.54, 1.807) is 0 Å². The van der Waals surface area contributed by atoms with Crippen molar-refractivity contribution in [3.05, 3.63) is 27.4 Å². The Bertz CT molecular complexity index is 495. The van der Waals surface area contributed by atoms with Gasteiger partial charge in [-0.3, -0.25) is 10.1 Å². The number of halogens is 1. The molecule has 0 aliphatic carbocycles. The molecule has 1 fully saturated rings. The van der Waals surface area contributed by atoms with Crippen molar-refractivity contribution in [3.8, 4) is 0 Å². The summed E-state index contributed by atoms with van der Waals surface area (Å²) < 4.78 is 0. The first kappa shape index (κ1) is 14.1. The van der Waals surface area contributed by atoms with Gasteiger partial charge in [-0.05, 0) is 25.2 Å². The third-order valence-electron chi connectivity index (χ3n) is 3.87. The average molecular weight is 284 g/mol. The number of rotatable bonds is 2. The molecule has 104 valence electrons. The van der Waals surface area contributed by atoms with Crippen LogP contribution in [0, 0.1) is 22.0 Å². The number of nitro groups is 1. The molecular formula is C13H18ClN3O2. The zero-order valence-electron chi connectivity index (χ0n) is 11.3. The van der Waals surface area contributed by atoms with Gasteiger partial charge in [0.05, 0.1) is 17.1 Å². The average Bonchev–Trinajstić information content (AvgIpc) is 2.32. The molecular weight excluding hydrogens is 266 g/mol. The van der Waals surface area contributed by atoms with Gasteiger partial charge in [0.15, 0.2) is 0 Å². The van der Waals surface area contributed by atoms with Gasteiger partial charge in [0.25, 0.3) is 5.69 Å². The van der Waals surface area contributed by atoms with Crippen molar-refractivity contribution < 1.29 is 4.92 Å². The van der Waals surface area contributed by atoms with Crippen LogP contribution in [0.25, 0.3) is 0 Å². The second kappa shape index (κ2) is 5.33. The quantitative estimate of drug-likeness (QED) is 0.473. The first-order chi connectivity index (χ1) is 8.88.